The molecule has 0 radical (unpaired) electrons. The van der Waals surface area contributed by atoms with Crippen molar-refractivity contribution in [1.29, 1.82) is 0 Å². The molecule has 1 fully saturated rings. The topological polar surface area (TPSA) is 109 Å². The molecule has 0 saturated carbocycles. The maximum Gasteiger partial charge on any atom is 0.225 e. The second-order valence-electron chi connectivity index (χ2n) is 8.19. The van der Waals surface area contributed by atoms with Crippen molar-refractivity contribution in [2.75, 3.05) is 55.3 Å². The van der Waals surface area contributed by atoms with Gasteiger partial charge in [0.2, 0.25) is 11.7 Å². The lowest BCUT2D eigenvalue weighted by molar-refractivity contribution is -0.115. The average molecular weight is 441 g/mol. The molecule has 8 heteroatoms. The molecule has 1 aromatic carbocycles. The SMILES string of the molecule is CCOCCNc1c(Nc2cccc(C)c2)nc(NCC2CCNCC2)nc1C(=[NH2+])CC. The maximum atomic E-state index is 6.41. The molecule has 1 aliphatic rings. The second-order valence-corrected chi connectivity index (χ2v) is 8.19. The van der Waals surface area contributed by atoms with Gasteiger partial charge < -0.3 is 26.0 Å². The number of piperidine rings is 1. The molecule has 6 N–H and O–H groups in total. The lowest BCUT2D eigenvalue weighted by atomic mass is 9.98. The van der Waals surface area contributed by atoms with E-state index < -0.39 is 0 Å². The highest BCUT2D eigenvalue weighted by Crippen LogP contribution is 2.29. The first-order valence-corrected chi connectivity index (χ1v) is 11.7. The third-order valence-electron chi connectivity index (χ3n) is 5.63. The molecule has 0 atom stereocenters. The Balaban J connectivity index is 1.90. The Bertz CT molecular complexity index is 881. The molecule has 1 aliphatic heterocycles. The number of hydrogen-bond acceptors (Lipinski definition) is 7. The summed E-state index contributed by atoms with van der Waals surface area (Å²) in [5.41, 5.74) is 4.42. The van der Waals surface area contributed by atoms with Crippen molar-refractivity contribution in [2.45, 2.75) is 40.0 Å². The number of nitrogens with one attached hydrogen (secondary N) is 4. The number of nitrogens with zero attached hydrogens (tertiary/aromatic N) is 2. The number of ether oxygens (including phenoxy) is 1. The third-order valence-corrected chi connectivity index (χ3v) is 5.63. The Morgan fingerprint density at radius 2 is 2.00 bits per heavy atom. The minimum atomic E-state index is 0.598. The van der Waals surface area contributed by atoms with Crippen molar-refractivity contribution in [1.82, 2.24) is 15.3 Å². The molecule has 174 valence electrons. The first-order chi connectivity index (χ1) is 15.6. The van der Waals surface area contributed by atoms with Crippen molar-refractivity contribution < 1.29 is 10.1 Å². The molecular weight excluding hydrogens is 402 g/mol. The zero-order valence-electron chi connectivity index (χ0n) is 19.6. The summed E-state index contributed by atoms with van der Waals surface area (Å²) in [5.74, 6) is 1.93. The van der Waals surface area contributed by atoms with Gasteiger partial charge in [-0.1, -0.05) is 19.1 Å². The van der Waals surface area contributed by atoms with Gasteiger partial charge in [0.1, 0.15) is 5.69 Å². The number of hydrogen-bond donors (Lipinski definition) is 5. The highest BCUT2D eigenvalue weighted by molar-refractivity contribution is 6.01. The fourth-order valence-corrected chi connectivity index (χ4v) is 3.77. The lowest BCUT2D eigenvalue weighted by Crippen LogP contribution is -2.41. The van der Waals surface area contributed by atoms with E-state index in [2.05, 4.69) is 40.3 Å². The second kappa shape index (κ2) is 12.4. The van der Waals surface area contributed by atoms with Crippen LogP contribution in [0.4, 0.5) is 23.1 Å². The van der Waals surface area contributed by atoms with Gasteiger partial charge in [-0.25, -0.2) is 4.98 Å². The van der Waals surface area contributed by atoms with E-state index in [4.69, 9.17) is 20.1 Å². The molecule has 0 bridgehead atoms. The predicted octanol–water partition coefficient (Wildman–Crippen LogP) is 2.35. The van der Waals surface area contributed by atoms with E-state index in [9.17, 15) is 0 Å². The van der Waals surface area contributed by atoms with E-state index in [-0.39, 0.29) is 0 Å². The summed E-state index contributed by atoms with van der Waals surface area (Å²) < 4.78 is 5.51. The van der Waals surface area contributed by atoms with Gasteiger partial charge in [0.15, 0.2) is 11.5 Å². The smallest absolute Gasteiger partial charge is 0.225 e. The van der Waals surface area contributed by atoms with Gasteiger partial charge in [-0.2, -0.15) is 4.98 Å². The van der Waals surface area contributed by atoms with Gasteiger partial charge >= 0.3 is 0 Å². The summed E-state index contributed by atoms with van der Waals surface area (Å²) in [6.45, 7) is 11.0. The first-order valence-electron chi connectivity index (χ1n) is 11.7. The molecule has 2 aromatic rings. The van der Waals surface area contributed by atoms with Gasteiger partial charge in [0.05, 0.1) is 6.61 Å². The summed E-state index contributed by atoms with van der Waals surface area (Å²) in [4.78, 5) is 9.64. The first kappa shape index (κ1) is 23.9. The van der Waals surface area contributed by atoms with E-state index in [0.29, 0.717) is 43.9 Å². The van der Waals surface area contributed by atoms with Crippen LogP contribution in [-0.4, -0.2) is 55.1 Å². The fourth-order valence-electron chi connectivity index (χ4n) is 3.77. The Labute approximate surface area is 191 Å². The minimum absolute atomic E-state index is 0.598. The van der Waals surface area contributed by atoms with Gasteiger partial charge in [0.25, 0.3) is 0 Å². The monoisotopic (exact) mass is 440 g/mol. The van der Waals surface area contributed by atoms with Crippen LogP contribution >= 0.6 is 0 Å². The molecule has 1 aromatic heterocycles. The zero-order valence-corrected chi connectivity index (χ0v) is 19.6. The summed E-state index contributed by atoms with van der Waals surface area (Å²) in [6, 6.07) is 8.24. The standard InChI is InChI=1S/C24H37N7O/c1-4-20(25)21-22(27-13-14-32-5-2)23(29-19-8-6-7-17(3)15-19)31-24(30-21)28-16-18-9-11-26-12-10-18/h6-8,15,18,25-27H,4-5,9-14,16H2,1-3H3,(H2,28,29,30,31)/p+1. The summed E-state index contributed by atoms with van der Waals surface area (Å²) >= 11 is 0. The third kappa shape index (κ3) is 6.90. The van der Waals surface area contributed by atoms with E-state index >= 15 is 0 Å². The Morgan fingerprint density at radius 3 is 2.72 bits per heavy atom. The molecule has 32 heavy (non-hydrogen) atoms. The highest BCUT2D eigenvalue weighted by atomic mass is 16.5. The summed E-state index contributed by atoms with van der Waals surface area (Å²) in [5, 5.41) is 20.2. The number of benzene rings is 1. The van der Waals surface area contributed by atoms with Gasteiger partial charge in [0, 0.05) is 31.8 Å². The lowest BCUT2D eigenvalue weighted by Gasteiger charge is -2.23. The molecule has 2 heterocycles. The van der Waals surface area contributed by atoms with Crippen LogP contribution in [0.2, 0.25) is 0 Å². The Morgan fingerprint density at radius 1 is 1.19 bits per heavy atom. The molecule has 0 amide bonds. The zero-order chi connectivity index (χ0) is 22.8. The number of nitrogens with two attached hydrogens (primary N) is 1. The van der Waals surface area contributed by atoms with Crippen molar-refractivity contribution in [3.8, 4) is 0 Å². The summed E-state index contributed by atoms with van der Waals surface area (Å²) in [6.07, 6.45) is 3.03. The fraction of sp³-hybridized carbons (Fsp3) is 0.542. The van der Waals surface area contributed by atoms with E-state index in [1.165, 1.54) is 5.56 Å². The number of anilines is 4. The van der Waals surface area contributed by atoms with Gasteiger partial charge in [-0.15, -0.1) is 0 Å². The predicted molar refractivity (Wildman–Crippen MR) is 132 cm³/mol. The largest absolute Gasteiger partial charge is 0.380 e. The van der Waals surface area contributed by atoms with E-state index in [0.717, 1.165) is 55.3 Å². The van der Waals surface area contributed by atoms with Gasteiger partial charge in [-0.05, 0) is 63.4 Å². The van der Waals surface area contributed by atoms with Crippen LogP contribution in [0.3, 0.4) is 0 Å². The molecular formula is C24H38N7O+. The van der Waals surface area contributed by atoms with Crippen LogP contribution < -0.4 is 26.7 Å². The normalized spacial score (nSPS) is 14.2. The Hall–Kier alpha value is -2.71. The maximum absolute atomic E-state index is 6.41. The van der Waals surface area contributed by atoms with Crippen LogP contribution in [0.15, 0.2) is 24.3 Å². The van der Waals surface area contributed by atoms with Crippen LogP contribution in [-0.2, 0) is 4.74 Å². The molecule has 0 aliphatic carbocycles. The molecule has 0 unspecified atom stereocenters. The van der Waals surface area contributed by atoms with E-state index in [1.807, 2.05) is 26.0 Å². The quantitative estimate of drug-likeness (QED) is 0.255. The van der Waals surface area contributed by atoms with Crippen molar-refractivity contribution in [3.05, 3.63) is 35.5 Å². The van der Waals surface area contributed by atoms with Gasteiger partial charge in [-0.3, -0.25) is 5.41 Å². The summed E-state index contributed by atoms with van der Waals surface area (Å²) in [7, 11) is 0. The number of aryl methyl sites for hydroxylation is 1. The molecule has 1 saturated heterocycles. The molecule has 0 spiro atoms. The van der Waals surface area contributed by atoms with Crippen molar-refractivity contribution in [3.63, 3.8) is 0 Å². The van der Waals surface area contributed by atoms with Crippen LogP contribution in [0.25, 0.3) is 0 Å². The number of rotatable bonds is 12. The molecule has 3 rings (SSSR count). The van der Waals surface area contributed by atoms with E-state index in [1.54, 1.807) is 0 Å². The minimum Gasteiger partial charge on any atom is -0.380 e. The molecule has 8 nitrogen and oxygen atoms in total. The van der Waals surface area contributed by atoms with Crippen molar-refractivity contribution in [2.24, 2.45) is 5.92 Å². The van der Waals surface area contributed by atoms with Crippen LogP contribution in [0, 0.1) is 12.8 Å². The van der Waals surface area contributed by atoms with Crippen molar-refractivity contribution >= 4 is 28.9 Å². The highest BCUT2D eigenvalue weighted by Gasteiger charge is 2.21. The van der Waals surface area contributed by atoms with Crippen LogP contribution in [0.5, 0.6) is 0 Å². The average Bonchev–Trinajstić information content (AvgIpc) is 2.81. The Kier molecular flexibility index (Phi) is 9.25. The van der Waals surface area contributed by atoms with Crippen LogP contribution in [0.1, 0.15) is 44.4 Å². The number of aromatic nitrogens is 2.